The zero-order valence-corrected chi connectivity index (χ0v) is 12.5. The minimum Gasteiger partial charge on any atom is -0.330 e. The van der Waals surface area contributed by atoms with Gasteiger partial charge >= 0.3 is 6.18 Å². The van der Waals surface area contributed by atoms with Crippen LogP contribution in [0.1, 0.15) is 41.9 Å². The van der Waals surface area contributed by atoms with Crippen molar-refractivity contribution < 1.29 is 13.2 Å². The molecule has 0 bridgehead atoms. The Hall–Kier alpha value is -1.81. The number of nitrogens with two attached hydrogens (primary N) is 1. The predicted molar refractivity (Wildman–Crippen MR) is 82.7 cm³/mol. The van der Waals surface area contributed by atoms with Crippen molar-refractivity contribution in [1.29, 1.82) is 0 Å². The maximum atomic E-state index is 12.7. The largest absolute Gasteiger partial charge is 0.416 e. The van der Waals surface area contributed by atoms with E-state index in [0.717, 1.165) is 24.1 Å². The number of hydrogen-bond acceptors (Lipinski definition) is 1. The van der Waals surface area contributed by atoms with E-state index >= 15 is 0 Å². The Morgan fingerprint density at radius 2 is 1.50 bits per heavy atom. The highest BCUT2D eigenvalue weighted by Crippen LogP contribution is 2.36. The summed E-state index contributed by atoms with van der Waals surface area (Å²) in [5, 5.41) is 0. The summed E-state index contributed by atoms with van der Waals surface area (Å²) in [5.74, 6) is 0.302. The molecule has 2 atom stereocenters. The van der Waals surface area contributed by atoms with Crippen molar-refractivity contribution >= 4 is 0 Å². The van der Waals surface area contributed by atoms with Crippen LogP contribution < -0.4 is 5.73 Å². The number of halogens is 3. The van der Waals surface area contributed by atoms with E-state index in [0.29, 0.717) is 6.54 Å². The van der Waals surface area contributed by atoms with Gasteiger partial charge in [0.15, 0.2) is 0 Å². The second kappa shape index (κ2) is 6.97. The molecule has 0 aliphatic carbocycles. The van der Waals surface area contributed by atoms with Crippen LogP contribution in [0.5, 0.6) is 0 Å². The van der Waals surface area contributed by atoms with Gasteiger partial charge in [-0.15, -0.1) is 0 Å². The molecule has 0 heterocycles. The standard InChI is InChI=1S/C18H20F3N/c1-13(14-5-3-2-4-6-14)17(11-12-22)15-7-9-16(10-8-15)18(19,20)21/h2-10,13,17H,11-12,22H2,1H3. The van der Waals surface area contributed by atoms with Crippen molar-refractivity contribution in [2.24, 2.45) is 5.73 Å². The topological polar surface area (TPSA) is 26.0 Å². The van der Waals surface area contributed by atoms with Crippen molar-refractivity contribution in [3.63, 3.8) is 0 Å². The molecule has 2 unspecified atom stereocenters. The fourth-order valence-electron chi connectivity index (χ4n) is 2.79. The minimum absolute atomic E-state index is 0.106. The second-order valence-corrected chi connectivity index (χ2v) is 5.50. The highest BCUT2D eigenvalue weighted by Gasteiger charge is 2.30. The molecule has 0 saturated heterocycles. The Bertz CT molecular complexity index is 576. The molecule has 118 valence electrons. The number of hydrogen-bond donors (Lipinski definition) is 1. The van der Waals surface area contributed by atoms with Gasteiger partial charge in [0.2, 0.25) is 0 Å². The van der Waals surface area contributed by atoms with Crippen LogP contribution in [0.3, 0.4) is 0 Å². The number of alkyl halides is 3. The van der Waals surface area contributed by atoms with Crippen LogP contribution in [0.15, 0.2) is 54.6 Å². The van der Waals surface area contributed by atoms with Crippen molar-refractivity contribution in [3.8, 4) is 0 Å². The van der Waals surface area contributed by atoms with Crippen LogP contribution >= 0.6 is 0 Å². The lowest BCUT2D eigenvalue weighted by molar-refractivity contribution is -0.137. The molecule has 0 aromatic heterocycles. The van der Waals surface area contributed by atoms with Gasteiger partial charge in [0, 0.05) is 0 Å². The summed E-state index contributed by atoms with van der Waals surface area (Å²) in [5.41, 5.74) is 7.15. The average Bonchev–Trinajstić information content (AvgIpc) is 2.52. The smallest absolute Gasteiger partial charge is 0.330 e. The third kappa shape index (κ3) is 3.89. The van der Waals surface area contributed by atoms with Crippen molar-refractivity contribution in [1.82, 2.24) is 0 Å². The quantitative estimate of drug-likeness (QED) is 0.831. The molecule has 2 aromatic rings. The summed E-state index contributed by atoms with van der Waals surface area (Å²) in [4.78, 5) is 0. The summed E-state index contributed by atoms with van der Waals surface area (Å²) in [6, 6.07) is 15.4. The molecule has 2 N–H and O–H groups in total. The van der Waals surface area contributed by atoms with E-state index in [1.807, 2.05) is 30.3 Å². The van der Waals surface area contributed by atoms with E-state index in [2.05, 4.69) is 6.92 Å². The van der Waals surface area contributed by atoms with Gasteiger partial charge in [-0.25, -0.2) is 0 Å². The van der Waals surface area contributed by atoms with E-state index < -0.39 is 11.7 Å². The molecule has 0 saturated carbocycles. The Balaban J connectivity index is 2.28. The molecule has 0 fully saturated rings. The Morgan fingerprint density at radius 3 is 2.00 bits per heavy atom. The first-order valence-electron chi connectivity index (χ1n) is 7.35. The third-order valence-corrected chi connectivity index (χ3v) is 4.07. The Labute approximate surface area is 129 Å². The van der Waals surface area contributed by atoms with Crippen LogP contribution in [-0.4, -0.2) is 6.54 Å². The first kappa shape index (κ1) is 16.6. The summed E-state index contributed by atoms with van der Waals surface area (Å²) in [7, 11) is 0. The molecule has 0 spiro atoms. The summed E-state index contributed by atoms with van der Waals surface area (Å²) < 4.78 is 38.0. The maximum Gasteiger partial charge on any atom is 0.416 e. The maximum absolute atomic E-state index is 12.7. The van der Waals surface area contributed by atoms with Crippen LogP contribution in [0.4, 0.5) is 13.2 Å². The molecule has 4 heteroatoms. The fraction of sp³-hybridized carbons (Fsp3) is 0.333. The van der Waals surface area contributed by atoms with Gasteiger partial charge < -0.3 is 5.73 Å². The zero-order chi connectivity index (χ0) is 16.2. The van der Waals surface area contributed by atoms with Gasteiger partial charge in [0.1, 0.15) is 0 Å². The molecule has 0 aliphatic heterocycles. The number of rotatable bonds is 5. The SMILES string of the molecule is CC(c1ccccc1)C(CCN)c1ccc(C(F)(F)F)cc1. The van der Waals surface area contributed by atoms with Gasteiger partial charge in [0.05, 0.1) is 5.56 Å². The van der Waals surface area contributed by atoms with E-state index in [1.165, 1.54) is 5.56 Å². The lowest BCUT2D eigenvalue weighted by Gasteiger charge is -2.25. The predicted octanol–water partition coefficient (Wildman–Crippen LogP) is 4.94. The minimum atomic E-state index is -4.30. The lowest BCUT2D eigenvalue weighted by atomic mass is 9.80. The first-order chi connectivity index (χ1) is 10.4. The highest BCUT2D eigenvalue weighted by atomic mass is 19.4. The van der Waals surface area contributed by atoms with Crippen LogP contribution in [-0.2, 0) is 6.18 Å². The molecule has 2 aromatic carbocycles. The molecular weight excluding hydrogens is 287 g/mol. The van der Waals surface area contributed by atoms with Crippen molar-refractivity contribution in [3.05, 3.63) is 71.3 Å². The number of benzene rings is 2. The van der Waals surface area contributed by atoms with Gasteiger partial charge in [-0.3, -0.25) is 0 Å². The molecule has 0 amide bonds. The van der Waals surface area contributed by atoms with Crippen LogP contribution in [0.2, 0.25) is 0 Å². The second-order valence-electron chi connectivity index (χ2n) is 5.50. The van der Waals surface area contributed by atoms with Crippen molar-refractivity contribution in [2.45, 2.75) is 31.4 Å². The third-order valence-electron chi connectivity index (χ3n) is 4.07. The van der Waals surface area contributed by atoms with Gasteiger partial charge in [-0.2, -0.15) is 13.2 Å². The molecule has 1 nitrogen and oxygen atoms in total. The Kier molecular flexibility index (Phi) is 5.24. The van der Waals surface area contributed by atoms with Gasteiger partial charge in [0.25, 0.3) is 0 Å². The van der Waals surface area contributed by atoms with Gasteiger partial charge in [-0.1, -0.05) is 49.4 Å². The summed E-state index contributed by atoms with van der Waals surface area (Å²) in [6.07, 6.45) is -3.56. The normalized spacial score (nSPS) is 14.6. The molecule has 2 rings (SSSR count). The fourth-order valence-corrected chi connectivity index (χ4v) is 2.79. The molecular formula is C18H20F3N. The van der Waals surface area contributed by atoms with Gasteiger partial charge in [-0.05, 0) is 48.1 Å². The molecule has 22 heavy (non-hydrogen) atoms. The molecule has 0 radical (unpaired) electrons. The highest BCUT2D eigenvalue weighted by molar-refractivity contribution is 5.31. The van der Waals surface area contributed by atoms with Crippen LogP contribution in [0, 0.1) is 0 Å². The summed E-state index contributed by atoms with van der Waals surface area (Å²) >= 11 is 0. The lowest BCUT2D eigenvalue weighted by Crippen LogP contribution is -2.14. The van der Waals surface area contributed by atoms with E-state index in [-0.39, 0.29) is 11.8 Å². The summed E-state index contributed by atoms with van der Waals surface area (Å²) in [6.45, 7) is 2.59. The van der Waals surface area contributed by atoms with E-state index in [4.69, 9.17) is 5.73 Å². The average molecular weight is 307 g/mol. The van der Waals surface area contributed by atoms with E-state index in [1.54, 1.807) is 12.1 Å². The van der Waals surface area contributed by atoms with E-state index in [9.17, 15) is 13.2 Å². The van der Waals surface area contributed by atoms with Crippen LogP contribution in [0.25, 0.3) is 0 Å². The first-order valence-corrected chi connectivity index (χ1v) is 7.35. The Morgan fingerprint density at radius 1 is 0.909 bits per heavy atom. The zero-order valence-electron chi connectivity index (χ0n) is 12.5. The van der Waals surface area contributed by atoms with Crippen molar-refractivity contribution in [2.75, 3.05) is 6.54 Å². The molecule has 0 aliphatic rings. The monoisotopic (exact) mass is 307 g/mol.